The van der Waals surface area contributed by atoms with Crippen molar-refractivity contribution in [2.24, 2.45) is 0 Å². The average Bonchev–Trinajstić information content (AvgIpc) is 3.15. The van der Waals surface area contributed by atoms with Crippen molar-refractivity contribution in [1.82, 2.24) is 15.5 Å². The van der Waals surface area contributed by atoms with Crippen molar-refractivity contribution in [3.63, 3.8) is 0 Å². The van der Waals surface area contributed by atoms with Crippen LogP contribution in [0.25, 0.3) is 0 Å². The van der Waals surface area contributed by atoms with Crippen LogP contribution in [0.3, 0.4) is 0 Å². The van der Waals surface area contributed by atoms with Gasteiger partial charge in [-0.25, -0.2) is 0 Å². The van der Waals surface area contributed by atoms with Crippen LogP contribution in [-0.2, 0) is 16.1 Å². The monoisotopic (exact) mass is 317 g/mol. The zero-order chi connectivity index (χ0) is 16.1. The van der Waals surface area contributed by atoms with E-state index in [1.165, 1.54) is 0 Å². The van der Waals surface area contributed by atoms with E-state index in [9.17, 15) is 9.59 Å². The Bertz CT molecular complexity index is 547. The summed E-state index contributed by atoms with van der Waals surface area (Å²) in [6.07, 6.45) is 1.44. The van der Waals surface area contributed by atoms with E-state index in [2.05, 4.69) is 10.6 Å². The average molecular weight is 317 g/mol. The van der Waals surface area contributed by atoms with Gasteiger partial charge in [-0.15, -0.1) is 0 Å². The topological polar surface area (TPSA) is 70.7 Å². The fraction of sp³-hybridized carbons (Fsp3) is 0.529. The van der Waals surface area contributed by atoms with E-state index in [4.69, 9.17) is 4.74 Å². The minimum atomic E-state index is -0.302. The number of hydrogen-bond acceptors (Lipinski definition) is 4. The van der Waals surface area contributed by atoms with Crippen LogP contribution in [0.1, 0.15) is 28.8 Å². The normalized spacial score (nSPS) is 21.2. The summed E-state index contributed by atoms with van der Waals surface area (Å²) in [6, 6.07) is 7.45. The van der Waals surface area contributed by atoms with E-state index in [1.54, 1.807) is 0 Å². The van der Waals surface area contributed by atoms with Gasteiger partial charge in [0, 0.05) is 44.9 Å². The van der Waals surface area contributed by atoms with Crippen molar-refractivity contribution in [2.45, 2.75) is 25.5 Å². The smallest absolute Gasteiger partial charge is 0.253 e. The Morgan fingerprint density at radius 2 is 1.96 bits per heavy atom. The fourth-order valence-electron chi connectivity index (χ4n) is 2.90. The maximum Gasteiger partial charge on any atom is 0.253 e. The SMILES string of the molecule is O=C(NCc1ccc(C(=O)N2CCNCC2)cc1)C1CCCO1. The minimum Gasteiger partial charge on any atom is -0.368 e. The van der Waals surface area contributed by atoms with Gasteiger partial charge in [0.05, 0.1) is 0 Å². The number of benzene rings is 1. The zero-order valence-electron chi connectivity index (χ0n) is 13.2. The molecule has 1 unspecified atom stereocenters. The first-order chi connectivity index (χ1) is 11.2. The van der Waals surface area contributed by atoms with Gasteiger partial charge >= 0.3 is 0 Å². The second-order valence-electron chi connectivity index (χ2n) is 5.96. The van der Waals surface area contributed by atoms with Gasteiger partial charge in [0.1, 0.15) is 6.10 Å². The van der Waals surface area contributed by atoms with Crippen LogP contribution in [0.5, 0.6) is 0 Å². The number of hydrogen-bond donors (Lipinski definition) is 2. The molecule has 2 aliphatic heterocycles. The molecule has 0 saturated carbocycles. The summed E-state index contributed by atoms with van der Waals surface area (Å²) in [7, 11) is 0. The van der Waals surface area contributed by atoms with Crippen molar-refractivity contribution in [2.75, 3.05) is 32.8 Å². The zero-order valence-corrected chi connectivity index (χ0v) is 13.2. The Morgan fingerprint density at radius 3 is 2.61 bits per heavy atom. The van der Waals surface area contributed by atoms with E-state index in [1.807, 2.05) is 29.2 Å². The second kappa shape index (κ2) is 7.57. The van der Waals surface area contributed by atoms with Crippen molar-refractivity contribution < 1.29 is 14.3 Å². The molecule has 0 radical (unpaired) electrons. The molecular weight excluding hydrogens is 294 g/mol. The van der Waals surface area contributed by atoms with Crippen LogP contribution >= 0.6 is 0 Å². The molecule has 0 aliphatic carbocycles. The summed E-state index contributed by atoms with van der Waals surface area (Å²) in [6.45, 7) is 4.32. The highest BCUT2D eigenvalue weighted by Crippen LogP contribution is 2.12. The highest BCUT2D eigenvalue weighted by Gasteiger charge is 2.23. The van der Waals surface area contributed by atoms with Crippen molar-refractivity contribution in [3.8, 4) is 0 Å². The predicted molar refractivity (Wildman–Crippen MR) is 86.0 cm³/mol. The largest absolute Gasteiger partial charge is 0.368 e. The number of piperazine rings is 1. The van der Waals surface area contributed by atoms with Crippen LogP contribution < -0.4 is 10.6 Å². The Balaban J connectivity index is 1.52. The lowest BCUT2D eigenvalue weighted by atomic mass is 10.1. The molecule has 6 heteroatoms. The third-order valence-electron chi connectivity index (χ3n) is 4.29. The molecule has 2 heterocycles. The summed E-state index contributed by atoms with van der Waals surface area (Å²) < 4.78 is 5.35. The molecular formula is C17H23N3O3. The fourth-order valence-corrected chi connectivity index (χ4v) is 2.90. The molecule has 3 rings (SSSR count). The molecule has 2 aliphatic rings. The van der Waals surface area contributed by atoms with Crippen LogP contribution in [-0.4, -0.2) is 55.6 Å². The first kappa shape index (κ1) is 16.0. The Labute approximate surface area is 136 Å². The molecule has 1 aromatic rings. The van der Waals surface area contributed by atoms with E-state index in [0.29, 0.717) is 18.7 Å². The van der Waals surface area contributed by atoms with E-state index in [0.717, 1.165) is 44.6 Å². The standard InChI is InChI=1S/C17H23N3O3/c21-16(15-2-1-11-23-15)19-12-13-3-5-14(6-4-13)17(22)20-9-7-18-8-10-20/h3-6,15,18H,1-2,7-12H2,(H,19,21). The lowest BCUT2D eigenvalue weighted by Crippen LogP contribution is -2.46. The van der Waals surface area contributed by atoms with E-state index in [-0.39, 0.29) is 17.9 Å². The minimum absolute atomic E-state index is 0.0523. The van der Waals surface area contributed by atoms with Gasteiger partial charge in [-0.05, 0) is 30.5 Å². The summed E-state index contributed by atoms with van der Waals surface area (Å²) in [5.74, 6) is 0.0184. The van der Waals surface area contributed by atoms with Crippen molar-refractivity contribution in [1.29, 1.82) is 0 Å². The third-order valence-corrected chi connectivity index (χ3v) is 4.29. The predicted octanol–water partition coefficient (Wildman–Crippen LogP) is 0.527. The van der Waals surface area contributed by atoms with Gasteiger partial charge in [0.15, 0.2) is 0 Å². The highest BCUT2D eigenvalue weighted by atomic mass is 16.5. The van der Waals surface area contributed by atoms with Gasteiger partial charge in [0.25, 0.3) is 5.91 Å². The number of nitrogens with one attached hydrogen (secondary N) is 2. The van der Waals surface area contributed by atoms with E-state index >= 15 is 0 Å². The Kier molecular flexibility index (Phi) is 5.25. The second-order valence-corrected chi connectivity index (χ2v) is 5.96. The Morgan fingerprint density at radius 1 is 1.22 bits per heavy atom. The number of carbonyl (C=O) groups excluding carboxylic acids is 2. The third kappa shape index (κ3) is 4.09. The van der Waals surface area contributed by atoms with Crippen molar-refractivity contribution >= 4 is 11.8 Å². The van der Waals surface area contributed by atoms with Gasteiger partial charge in [-0.1, -0.05) is 12.1 Å². The quantitative estimate of drug-likeness (QED) is 0.850. The number of carbonyl (C=O) groups is 2. The van der Waals surface area contributed by atoms with Crippen LogP contribution in [0.2, 0.25) is 0 Å². The summed E-state index contributed by atoms with van der Waals surface area (Å²) in [4.78, 5) is 26.1. The summed E-state index contributed by atoms with van der Waals surface area (Å²) in [5, 5.41) is 6.12. The summed E-state index contributed by atoms with van der Waals surface area (Å²) in [5.41, 5.74) is 1.68. The molecule has 0 spiro atoms. The molecule has 2 amide bonds. The number of nitrogens with zero attached hydrogens (tertiary/aromatic N) is 1. The number of amides is 2. The van der Waals surface area contributed by atoms with Crippen LogP contribution in [0, 0.1) is 0 Å². The van der Waals surface area contributed by atoms with Gasteiger partial charge in [-0.3, -0.25) is 9.59 Å². The lowest BCUT2D eigenvalue weighted by Gasteiger charge is -2.27. The maximum atomic E-state index is 12.4. The maximum absolute atomic E-state index is 12.4. The molecule has 2 fully saturated rings. The molecule has 124 valence electrons. The molecule has 1 atom stereocenters. The Hall–Kier alpha value is -1.92. The highest BCUT2D eigenvalue weighted by molar-refractivity contribution is 5.94. The summed E-state index contributed by atoms with van der Waals surface area (Å²) >= 11 is 0. The molecule has 1 aromatic carbocycles. The first-order valence-electron chi connectivity index (χ1n) is 8.22. The van der Waals surface area contributed by atoms with Gasteiger partial charge < -0.3 is 20.3 Å². The van der Waals surface area contributed by atoms with Gasteiger partial charge in [-0.2, -0.15) is 0 Å². The van der Waals surface area contributed by atoms with Crippen LogP contribution in [0.15, 0.2) is 24.3 Å². The molecule has 0 aromatic heterocycles. The van der Waals surface area contributed by atoms with E-state index < -0.39 is 0 Å². The first-order valence-corrected chi connectivity index (χ1v) is 8.22. The molecule has 0 bridgehead atoms. The van der Waals surface area contributed by atoms with Gasteiger partial charge in [0.2, 0.25) is 5.91 Å². The molecule has 23 heavy (non-hydrogen) atoms. The number of ether oxygens (including phenoxy) is 1. The lowest BCUT2D eigenvalue weighted by molar-refractivity contribution is -0.130. The molecule has 2 N–H and O–H groups in total. The number of rotatable bonds is 4. The van der Waals surface area contributed by atoms with Crippen LogP contribution in [0.4, 0.5) is 0 Å². The molecule has 6 nitrogen and oxygen atoms in total. The van der Waals surface area contributed by atoms with Crippen molar-refractivity contribution in [3.05, 3.63) is 35.4 Å². The molecule has 2 saturated heterocycles.